The molecule has 1 N–H and O–H groups in total. The average Bonchev–Trinajstić information content (AvgIpc) is 2.75. The van der Waals surface area contributed by atoms with Crippen molar-refractivity contribution in [3.63, 3.8) is 0 Å². The highest BCUT2D eigenvalue weighted by molar-refractivity contribution is 7.92. The van der Waals surface area contributed by atoms with Crippen LogP contribution in [0.15, 0.2) is 53.4 Å². The number of benzene rings is 2. The summed E-state index contributed by atoms with van der Waals surface area (Å²) < 4.78 is 32.5. The molecule has 0 spiro atoms. The number of ether oxygens (including phenoxy) is 1. The third kappa shape index (κ3) is 5.98. The summed E-state index contributed by atoms with van der Waals surface area (Å²) in [6.07, 6.45) is 0. The Hall–Kier alpha value is -2.58. The molecule has 0 bridgehead atoms. The molecule has 0 saturated carbocycles. The maximum atomic E-state index is 13.0. The Bertz CT molecular complexity index is 965. The fourth-order valence-corrected chi connectivity index (χ4v) is 4.68. The van der Waals surface area contributed by atoms with Crippen molar-refractivity contribution >= 4 is 21.6 Å². The van der Waals surface area contributed by atoms with Gasteiger partial charge in [-0.25, -0.2) is 8.42 Å². The van der Waals surface area contributed by atoms with E-state index in [1.165, 1.54) is 42.7 Å². The highest BCUT2D eigenvalue weighted by Gasteiger charge is 2.24. The largest absolute Gasteiger partial charge is 0.495 e. The van der Waals surface area contributed by atoms with Crippen LogP contribution in [0.3, 0.4) is 0 Å². The molecule has 0 aromatic heterocycles. The second-order valence-electron chi connectivity index (χ2n) is 7.85. The summed E-state index contributed by atoms with van der Waals surface area (Å²) in [7, 11) is -0.830. The van der Waals surface area contributed by atoms with E-state index in [0.29, 0.717) is 35.6 Å². The van der Waals surface area contributed by atoms with Gasteiger partial charge in [0.2, 0.25) is 0 Å². The first-order valence-electron chi connectivity index (χ1n) is 10.4. The molecular formula is C23H33N3O4S. The van der Waals surface area contributed by atoms with Crippen molar-refractivity contribution < 1.29 is 17.9 Å². The Morgan fingerprint density at radius 1 is 1.00 bits per heavy atom. The van der Waals surface area contributed by atoms with E-state index in [4.69, 9.17) is 4.74 Å². The summed E-state index contributed by atoms with van der Waals surface area (Å²) in [6, 6.07) is 13.6. The summed E-state index contributed by atoms with van der Waals surface area (Å²) in [5.74, 6) is 0.232. The zero-order valence-corrected chi connectivity index (χ0v) is 19.9. The molecule has 1 amide bonds. The van der Waals surface area contributed by atoms with Crippen LogP contribution < -0.4 is 14.4 Å². The van der Waals surface area contributed by atoms with Gasteiger partial charge in [0.15, 0.2) is 0 Å². The lowest BCUT2D eigenvalue weighted by molar-refractivity contribution is 0.0939. The van der Waals surface area contributed by atoms with Gasteiger partial charge >= 0.3 is 0 Å². The van der Waals surface area contributed by atoms with Gasteiger partial charge in [-0.15, -0.1) is 0 Å². The highest BCUT2D eigenvalue weighted by atomic mass is 32.2. The first-order chi connectivity index (χ1) is 14.6. The van der Waals surface area contributed by atoms with Crippen molar-refractivity contribution in [2.45, 2.75) is 44.7 Å². The van der Waals surface area contributed by atoms with Gasteiger partial charge in [-0.1, -0.05) is 12.1 Å². The van der Waals surface area contributed by atoms with Gasteiger partial charge in [0, 0.05) is 37.8 Å². The molecule has 0 heterocycles. The molecule has 0 unspecified atom stereocenters. The maximum Gasteiger partial charge on any atom is 0.264 e. The topological polar surface area (TPSA) is 78.9 Å². The van der Waals surface area contributed by atoms with E-state index in [9.17, 15) is 13.2 Å². The number of amides is 1. The smallest absolute Gasteiger partial charge is 0.264 e. The van der Waals surface area contributed by atoms with Crippen LogP contribution >= 0.6 is 0 Å². The third-order valence-corrected chi connectivity index (χ3v) is 6.97. The zero-order chi connectivity index (χ0) is 23.2. The third-order valence-electron chi connectivity index (χ3n) is 5.18. The Balaban J connectivity index is 2.09. The number of sulfonamides is 1. The van der Waals surface area contributed by atoms with E-state index in [1.807, 2.05) is 0 Å². The minimum Gasteiger partial charge on any atom is -0.495 e. The molecule has 31 heavy (non-hydrogen) atoms. The molecule has 0 aliphatic rings. The first-order valence-corrected chi connectivity index (χ1v) is 11.8. The van der Waals surface area contributed by atoms with Gasteiger partial charge in [0.05, 0.1) is 17.7 Å². The van der Waals surface area contributed by atoms with Crippen LogP contribution in [0.4, 0.5) is 5.69 Å². The van der Waals surface area contributed by atoms with Crippen molar-refractivity contribution in [1.29, 1.82) is 0 Å². The van der Waals surface area contributed by atoms with Gasteiger partial charge in [-0.2, -0.15) is 0 Å². The summed E-state index contributed by atoms with van der Waals surface area (Å²) >= 11 is 0. The summed E-state index contributed by atoms with van der Waals surface area (Å²) in [5.41, 5.74) is 0.853. The van der Waals surface area contributed by atoms with E-state index in [-0.39, 0.29) is 10.8 Å². The van der Waals surface area contributed by atoms with Crippen LogP contribution in [0, 0.1) is 0 Å². The van der Waals surface area contributed by atoms with Crippen molar-refractivity contribution in [1.82, 2.24) is 10.2 Å². The predicted molar refractivity (Wildman–Crippen MR) is 124 cm³/mol. The lowest BCUT2D eigenvalue weighted by Crippen LogP contribution is -2.42. The number of anilines is 1. The van der Waals surface area contributed by atoms with E-state index in [2.05, 4.69) is 37.9 Å². The fourth-order valence-electron chi connectivity index (χ4n) is 3.47. The number of carbonyl (C=O) groups is 1. The number of carbonyl (C=O) groups excluding carboxylic acids is 1. The Morgan fingerprint density at radius 3 is 2.13 bits per heavy atom. The van der Waals surface area contributed by atoms with Crippen molar-refractivity contribution in [2.75, 3.05) is 31.6 Å². The van der Waals surface area contributed by atoms with Crippen molar-refractivity contribution in [2.24, 2.45) is 0 Å². The lowest BCUT2D eigenvalue weighted by atomic mass is 10.2. The van der Waals surface area contributed by atoms with E-state index < -0.39 is 10.0 Å². The predicted octanol–water partition coefficient (Wildman–Crippen LogP) is 3.37. The molecular weight excluding hydrogens is 414 g/mol. The van der Waals surface area contributed by atoms with Crippen LogP contribution in [0.1, 0.15) is 38.1 Å². The summed E-state index contributed by atoms with van der Waals surface area (Å²) in [6.45, 7) is 9.78. The van der Waals surface area contributed by atoms with E-state index >= 15 is 0 Å². The van der Waals surface area contributed by atoms with Crippen LogP contribution in [0.5, 0.6) is 5.75 Å². The minimum absolute atomic E-state index is 0.100. The van der Waals surface area contributed by atoms with Gasteiger partial charge in [-0.05, 0) is 64.1 Å². The molecule has 0 fully saturated rings. The SMILES string of the molecule is COc1ccccc1N(C)S(=O)(=O)c1ccc(C(=O)NCCN(C(C)C)C(C)C)cc1. The molecule has 0 radical (unpaired) electrons. The number of nitrogens with one attached hydrogen (secondary N) is 1. The van der Waals surface area contributed by atoms with E-state index in [1.54, 1.807) is 24.3 Å². The van der Waals surface area contributed by atoms with Crippen LogP contribution in [-0.2, 0) is 10.0 Å². The van der Waals surface area contributed by atoms with Crippen LogP contribution in [0.2, 0.25) is 0 Å². The number of methoxy groups -OCH3 is 1. The molecule has 0 aliphatic carbocycles. The van der Waals surface area contributed by atoms with Gasteiger partial charge in [0.25, 0.3) is 15.9 Å². The zero-order valence-electron chi connectivity index (χ0n) is 19.1. The Morgan fingerprint density at radius 2 is 1.58 bits per heavy atom. The monoisotopic (exact) mass is 447 g/mol. The molecule has 2 rings (SSSR count). The highest BCUT2D eigenvalue weighted by Crippen LogP contribution is 2.30. The molecule has 2 aromatic carbocycles. The van der Waals surface area contributed by atoms with Crippen molar-refractivity contribution in [3.05, 3.63) is 54.1 Å². The Labute approximate surface area is 186 Å². The van der Waals surface area contributed by atoms with Crippen LogP contribution in [0.25, 0.3) is 0 Å². The lowest BCUT2D eigenvalue weighted by Gasteiger charge is -2.30. The number of hydrogen-bond donors (Lipinski definition) is 1. The molecule has 7 nitrogen and oxygen atoms in total. The average molecular weight is 448 g/mol. The number of rotatable bonds is 10. The molecule has 8 heteroatoms. The fraction of sp³-hybridized carbons (Fsp3) is 0.435. The van der Waals surface area contributed by atoms with E-state index in [0.717, 1.165) is 6.54 Å². The molecule has 170 valence electrons. The number of hydrogen-bond acceptors (Lipinski definition) is 5. The van der Waals surface area contributed by atoms with Gasteiger partial charge in [0.1, 0.15) is 5.75 Å². The second-order valence-corrected chi connectivity index (χ2v) is 9.82. The summed E-state index contributed by atoms with van der Waals surface area (Å²) in [5, 5.41) is 2.90. The number of para-hydroxylation sites is 2. The molecule has 2 aromatic rings. The van der Waals surface area contributed by atoms with Gasteiger partial charge < -0.3 is 10.1 Å². The summed E-state index contributed by atoms with van der Waals surface area (Å²) in [4.78, 5) is 14.9. The second kappa shape index (κ2) is 10.6. The van der Waals surface area contributed by atoms with Crippen LogP contribution in [-0.4, -0.2) is 58.6 Å². The molecule has 0 aliphatic heterocycles. The minimum atomic E-state index is -3.80. The number of nitrogens with zero attached hydrogens (tertiary/aromatic N) is 2. The molecule has 0 saturated heterocycles. The maximum absolute atomic E-state index is 13.0. The Kier molecular flexibility index (Phi) is 8.47. The normalized spacial score (nSPS) is 11.8. The molecule has 0 atom stereocenters. The first kappa shape index (κ1) is 24.7. The van der Waals surface area contributed by atoms with Crippen molar-refractivity contribution in [3.8, 4) is 5.75 Å². The quantitative estimate of drug-likeness (QED) is 0.604. The standard InChI is InChI=1S/C23H33N3O4S/c1-17(2)26(18(3)4)16-15-24-23(27)19-11-13-20(14-12-19)31(28,29)25(5)21-9-7-8-10-22(21)30-6/h7-14,17-18H,15-16H2,1-6H3,(H,24,27). The van der Waals surface area contributed by atoms with Gasteiger partial charge in [-0.3, -0.25) is 14.0 Å².